The average molecular weight is 436 g/mol. The van der Waals surface area contributed by atoms with E-state index in [0.717, 1.165) is 5.56 Å². The van der Waals surface area contributed by atoms with Crippen molar-refractivity contribution in [2.45, 2.75) is 16.8 Å². The fourth-order valence-corrected chi connectivity index (χ4v) is 4.39. The first-order valence-electron chi connectivity index (χ1n) is 8.34. The number of carbonyl (C=O) groups is 1. The van der Waals surface area contributed by atoms with Crippen molar-refractivity contribution >= 4 is 40.9 Å². The lowest BCUT2D eigenvalue weighted by Crippen LogP contribution is -2.21. The lowest BCUT2D eigenvalue weighted by molar-refractivity contribution is 0.0868. The zero-order chi connectivity index (χ0) is 19.8. The Bertz CT molecular complexity index is 1070. The molecule has 3 aromatic rings. The highest BCUT2D eigenvalue weighted by Gasteiger charge is 2.30. The highest BCUT2D eigenvalue weighted by Crippen LogP contribution is 2.43. The molecule has 0 radical (unpaired) electrons. The van der Waals surface area contributed by atoms with E-state index in [0.29, 0.717) is 44.5 Å². The number of aromatic nitrogens is 3. The van der Waals surface area contributed by atoms with Gasteiger partial charge >= 0.3 is 0 Å². The van der Waals surface area contributed by atoms with Crippen LogP contribution in [0.15, 0.2) is 41.6 Å². The van der Waals surface area contributed by atoms with Gasteiger partial charge in [-0.25, -0.2) is 4.98 Å². The molecule has 2 aromatic carbocycles. The van der Waals surface area contributed by atoms with Crippen LogP contribution in [0, 0.1) is 0 Å². The molecule has 0 amide bonds. The van der Waals surface area contributed by atoms with Crippen LogP contribution in [0.1, 0.15) is 22.0 Å². The SMILES string of the molecule is COc1ccc([C@H]2CC(=O)n3nc(-c4ccc(Cl)c(Cl)c4)nc3S2)cc1OC. The molecule has 2 heterocycles. The summed E-state index contributed by atoms with van der Waals surface area (Å²) >= 11 is 13.5. The van der Waals surface area contributed by atoms with Crippen LogP contribution in [-0.4, -0.2) is 34.9 Å². The summed E-state index contributed by atoms with van der Waals surface area (Å²) in [6, 6.07) is 10.8. The molecule has 0 N–H and O–H groups in total. The van der Waals surface area contributed by atoms with Crippen molar-refractivity contribution in [3.05, 3.63) is 52.0 Å². The first-order chi connectivity index (χ1) is 13.5. The van der Waals surface area contributed by atoms with Gasteiger partial charge < -0.3 is 9.47 Å². The van der Waals surface area contributed by atoms with Crippen LogP contribution in [0.3, 0.4) is 0 Å². The quantitative estimate of drug-likeness (QED) is 0.564. The maximum absolute atomic E-state index is 12.7. The van der Waals surface area contributed by atoms with Crippen LogP contribution in [0.2, 0.25) is 10.0 Å². The number of methoxy groups -OCH3 is 2. The van der Waals surface area contributed by atoms with E-state index in [9.17, 15) is 4.79 Å². The van der Waals surface area contributed by atoms with Crippen LogP contribution in [-0.2, 0) is 0 Å². The van der Waals surface area contributed by atoms with Gasteiger partial charge in [-0.1, -0.05) is 41.0 Å². The number of hydrogen-bond donors (Lipinski definition) is 0. The molecular weight excluding hydrogens is 421 g/mol. The predicted molar refractivity (Wildman–Crippen MR) is 109 cm³/mol. The van der Waals surface area contributed by atoms with Gasteiger partial charge in [-0.3, -0.25) is 4.79 Å². The minimum atomic E-state index is -0.118. The van der Waals surface area contributed by atoms with Crippen LogP contribution >= 0.6 is 35.0 Å². The Morgan fingerprint density at radius 3 is 2.57 bits per heavy atom. The van der Waals surface area contributed by atoms with Crippen molar-refractivity contribution in [2.75, 3.05) is 14.2 Å². The standard InChI is InChI=1S/C19H15Cl2N3O3S/c1-26-14-6-4-10(8-15(14)27-2)16-9-17(25)24-19(28-16)22-18(23-24)11-3-5-12(20)13(21)7-11/h3-8,16H,9H2,1-2H3/t16-/m1/s1. The second-order valence-corrected chi connectivity index (χ2v) is 8.06. The summed E-state index contributed by atoms with van der Waals surface area (Å²) in [6.45, 7) is 0. The second kappa shape index (κ2) is 7.66. The van der Waals surface area contributed by atoms with E-state index in [1.165, 1.54) is 16.4 Å². The maximum Gasteiger partial charge on any atom is 0.250 e. The molecule has 9 heteroatoms. The fourth-order valence-electron chi connectivity index (χ4n) is 2.95. The van der Waals surface area contributed by atoms with Gasteiger partial charge in [0.05, 0.1) is 24.3 Å². The number of hydrogen-bond acceptors (Lipinski definition) is 6. The molecule has 4 rings (SSSR count). The van der Waals surface area contributed by atoms with Gasteiger partial charge in [-0.2, -0.15) is 4.68 Å². The summed E-state index contributed by atoms with van der Waals surface area (Å²) in [5, 5.41) is 5.66. The van der Waals surface area contributed by atoms with Gasteiger partial charge in [0, 0.05) is 17.2 Å². The van der Waals surface area contributed by atoms with E-state index in [-0.39, 0.29) is 11.2 Å². The Kier molecular flexibility index (Phi) is 5.23. The second-order valence-electron chi connectivity index (χ2n) is 6.08. The zero-order valence-corrected chi connectivity index (χ0v) is 17.3. The highest BCUT2D eigenvalue weighted by molar-refractivity contribution is 7.99. The van der Waals surface area contributed by atoms with Crippen molar-refractivity contribution in [3.8, 4) is 22.9 Å². The monoisotopic (exact) mass is 435 g/mol. The number of nitrogens with zero attached hydrogens (tertiary/aromatic N) is 3. The summed E-state index contributed by atoms with van der Waals surface area (Å²) in [5.41, 5.74) is 1.66. The van der Waals surface area contributed by atoms with Crippen molar-refractivity contribution in [1.82, 2.24) is 14.8 Å². The summed E-state index contributed by atoms with van der Waals surface area (Å²) < 4.78 is 12.0. The Hall–Kier alpha value is -2.22. The maximum atomic E-state index is 12.7. The minimum Gasteiger partial charge on any atom is -0.493 e. The molecule has 0 unspecified atom stereocenters. The van der Waals surface area contributed by atoms with Crippen LogP contribution in [0.5, 0.6) is 11.5 Å². The van der Waals surface area contributed by atoms with E-state index in [4.69, 9.17) is 32.7 Å². The van der Waals surface area contributed by atoms with Crippen LogP contribution < -0.4 is 9.47 Å². The lowest BCUT2D eigenvalue weighted by atomic mass is 10.1. The topological polar surface area (TPSA) is 66.2 Å². The van der Waals surface area contributed by atoms with Gasteiger partial charge in [-0.15, -0.1) is 5.10 Å². The number of halogens is 2. The predicted octanol–water partition coefficient (Wildman–Crippen LogP) is 5.15. The number of thioether (sulfide) groups is 1. The average Bonchev–Trinajstić information content (AvgIpc) is 3.14. The Balaban J connectivity index is 1.66. The third kappa shape index (κ3) is 3.45. The first kappa shape index (κ1) is 19.1. The van der Waals surface area contributed by atoms with E-state index in [1.54, 1.807) is 32.4 Å². The molecule has 28 heavy (non-hydrogen) atoms. The van der Waals surface area contributed by atoms with Crippen molar-refractivity contribution in [2.24, 2.45) is 0 Å². The van der Waals surface area contributed by atoms with E-state index >= 15 is 0 Å². The summed E-state index contributed by atoms with van der Waals surface area (Å²) in [6.07, 6.45) is 0.303. The first-order valence-corrected chi connectivity index (χ1v) is 9.98. The van der Waals surface area contributed by atoms with Crippen molar-refractivity contribution in [3.63, 3.8) is 0 Å². The number of fused-ring (bicyclic) bond motifs is 1. The van der Waals surface area contributed by atoms with Gasteiger partial charge in [0.15, 0.2) is 22.5 Å². The molecule has 1 aliphatic heterocycles. The normalized spacial score (nSPS) is 16.0. The Morgan fingerprint density at radius 1 is 1.07 bits per heavy atom. The number of rotatable bonds is 4. The largest absolute Gasteiger partial charge is 0.493 e. The lowest BCUT2D eigenvalue weighted by Gasteiger charge is -2.21. The van der Waals surface area contributed by atoms with Crippen LogP contribution in [0.4, 0.5) is 0 Å². The van der Waals surface area contributed by atoms with E-state index in [1.807, 2.05) is 18.2 Å². The number of benzene rings is 2. The minimum absolute atomic E-state index is 0.0920. The molecule has 0 saturated carbocycles. The third-order valence-corrected chi connectivity index (χ3v) is 6.32. The van der Waals surface area contributed by atoms with Gasteiger partial charge in [0.1, 0.15) is 0 Å². The molecule has 0 saturated heterocycles. The van der Waals surface area contributed by atoms with E-state index < -0.39 is 0 Å². The molecule has 1 aromatic heterocycles. The fraction of sp³-hybridized carbons (Fsp3) is 0.211. The Labute approximate surface area is 175 Å². The van der Waals surface area contributed by atoms with E-state index in [2.05, 4.69) is 10.1 Å². The molecule has 0 aliphatic carbocycles. The summed E-state index contributed by atoms with van der Waals surface area (Å²) in [7, 11) is 3.17. The molecule has 1 atom stereocenters. The summed E-state index contributed by atoms with van der Waals surface area (Å²) in [5.74, 6) is 1.58. The molecule has 0 bridgehead atoms. The van der Waals surface area contributed by atoms with Gasteiger partial charge in [-0.05, 0) is 35.9 Å². The molecule has 1 aliphatic rings. The van der Waals surface area contributed by atoms with Gasteiger partial charge in [0.2, 0.25) is 0 Å². The van der Waals surface area contributed by atoms with Crippen molar-refractivity contribution < 1.29 is 14.3 Å². The number of ether oxygens (including phenoxy) is 2. The highest BCUT2D eigenvalue weighted by atomic mass is 35.5. The zero-order valence-electron chi connectivity index (χ0n) is 15.0. The molecule has 144 valence electrons. The summed E-state index contributed by atoms with van der Waals surface area (Å²) in [4.78, 5) is 17.2. The molecular formula is C19H15Cl2N3O3S. The Morgan fingerprint density at radius 2 is 1.86 bits per heavy atom. The van der Waals surface area contributed by atoms with Gasteiger partial charge in [0.25, 0.3) is 5.91 Å². The molecule has 0 spiro atoms. The number of carbonyl (C=O) groups excluding carboxylic acids is 1. The molecule has 0 fully saturated rings. The van der Waals surface area contributed by atoms with Crippen LogP contribution in [0.25, 0.3) is 11.4 Å². The molecule has 6 nitrogen and oxygen atoms in total. The third-order valence-electron chi connectivity index (χ3n) is 4.38. The van der Waals surface area contributed by atoms with Crippen molar-refractivity contribution in [1.29, 1.82) is 0 Å². The smallest absolute Gasteiger partial charge is 0.250 e.